The number of hydrogen-bond donors (Lipinski definition) is 2. The Bertz CT molecular complexity index is 754. The number of carbonyl (C=O) groups excluding carboxylic acids is 1. The fourth-order valence-corrected chi connectivity index (χ4v) is 3.90. The number of amides is 1. The minimum absolute atomic E-state index is 0.0286. The fourth-order valence-electron chi connectivity index (χ4n) is 3.90. The molecule has 0 radical (unpaired) electrons. The maximum absolute atomic E-state index is 13.0. The zero-order chi connectivity index (χ0) is 16.5. The number of nitrogens with one attached hydrogen (secondary N) is 1. The monoisotopic (exact) mass is 323 g/mol. The molecule has 2 fully saturated rings. The van der Waals surface area contributed by atoms with Crippen LogP contribution in [0.25, 0.3) is 10.9 Å². The molecule has 4 rings (SSSR count). The lowest BCUT2D eigenvalue weighted by molar-refractivity contribution is 0.0909. The molecular weight excluding hydrogens is 298 g/mol. The third kappa shape index (κ3) is 3.03. The van der Waals surface area contributed by atoms with Crippen molar-refractivity contribution in [1.82, 2.24) is 10.3 Å². The number of pyridine rings is 1. The van der Waals surface area contributed by atoms with Gasteiger partial charge in [0.25, 0.3) is 5.91 Å². The number of para-hydroxylation sites is 1. The molecule has 2 aliphatic rings. The van der Waals surface area contributed by atoms with Crippen LogP contribution in [0.1, 0.15) is 60.5 Å². The molecule has 0 bridgehead atoms. The molecule has 3 N–H and O–H groups in total. The fraction of sp³-hybridized carbons (Fsp3) is 0.500. The van der Waals surface area contributed by atoms with Crippen LogP contribution >= 0.6 is 0 Å². The van der Waals surface area contributed by atoms with E-state index >= 15 is 0 Å². The maximum atomic E-state index is 13.0. The van der Waals surface area contributed by atoms with Gasteiger partial charge in [-0.1, -0.05) is 31.0 Å². The summed E-state index contributed by atoms with van der Waals surface area (Å²) in [6.45, 7) is 0.648. The first-order valence-corrected chi connectivity index (χ1v) is 9.17. The van der Waals surface area contributed by atoms with E-state index in [9.17, 15) is 4.79 Å². The van der Waals surface area contributed by atoms with E-state index in [2.05, 4.69) is 5.32 Å². The van der Waals surface area contributed by atoms with Crippen molar-refractivity contribution >= 4 is 16.8 Å². The van der Waals surface area contributed by atoms with Crippen LogP contribution in [0.15, 0.2) is 30.3 Å². The molecule has 0 spiro atoms. The summed E-state index contributed by atoms with van der Waals surface area (Å²) in [5, 5.41) is 4.21. The van der Waals surface area contributed by atoms with E-state index < -0.39 is 0 Å². The Labute approximate surface area is 142 Å². The van der Waals surface area contributed by atoms with Crippen LogP contribution in [-0.4, -0.2) is 23.5 Å². The molecule has 1 heterocycles. The highest BCUT2D eigenvalue weighted by molar-refractivity contribution is 6.06. The number of nitrogens with two attached hydrogens (primary N) is 1. The van der Waals surface area contributed by atoms with E-state index in [4.69, 9.17) is 10.7 Å². The molecule has 2 unspecified atom stereocenters. The topological polar surface area (TPSA) is 68.0 Å². The maximum Gasteiger partial charge on any atom is 0.252 e. The van der Waals surface area contributed by atoms with Crippen molar-refractivity contribution in [2.24, 2.45) is 11.7 Å². The van der Waals surface area contributed by atoms with Gasteiger partial charge in [-0.15, -0.1) is 0 Å². The van der Waals surface area contributed by atoms with E-state index in [1.807, 2.05) is 30.3 Å². The van der Waals surface area contributed by atoms with E-state index in [-0.39, 0.29) is 11.9 Å². The second kappa shape index (κ2) is 6.52. The Morgan fingerprint density at radius 1 is 1.17 bits per heavy atom. The van der Waals surface area contributed by atoms with Gasteiger partial charge in [0.2, 0.25) is 0 Å². The van der Waals surface area contributed by atoms with Crippen LogP contribution in [0, 0.1) is 5.92 Å². The molecule has 24 heavy (non-hydrogen) atoms. The lowest BCUT2D eigenvalue weighted by Gasteiger charge is -2.31. The Morgan fingerprint density at radius 3 is 2.75 bits per heavy atom. The smallest absolute Gasteiger partial charge is 0.252 e. The molecule has 1 amide bonds. The van der Waals surface area contributed by atoms with Crippen molar-refractivity contribution in [2.75, 3.05) is 6.54 Å². The zero-order valence-corrected chi connectivity index (χ0v) is 14.0. The molecule has 4 heteroatoms. The highest BCUT2D eigenvalue weighted by Gasteiger charge is 2.29. The molecule has 1 aromatic heterocycles. The van der Waals surface area contributed by atoms with Gasteiger partial charge in [0.1, 0.15) is 0 Å². The van der Waals surface area contributed by atoms with Gasteiger partial charge in [0.15, 0.2) is 0 Å². The molecule has 126 valence electrons. The molecule has 0 aliphatic heterocycles. The predicted octanol–water partition coefficient (Wildman–Crippen LogP) is 3.36. The van der Waals surface area contributed by atoms with Crippen LogP contribution in [0.3, 0.4) is 0 Å². The van der Waals surface area contributed by atoms with Crippen LogP contribution in [0.2, 0.25) is 0 Å². The summed E-state index contributed by atoms with van der Waals surface area (Å²) < 4.78 is 0. The summed E-state index contributed by atoms with van der Waals surface area (Å²) in [5.74, 6) is 0.965. The third-order valence-electron chi connectivity index (χ3n) is 5.50. The van der Waals surface area contributed by atoms with Gasteiger partial charge in [0.05, 0.1) is 11.1 Å². The first-order valence-electron chi connectivity index (χ1n) is 9.17. The molecule has 2 saturated carbocycles. The summed E-state index contributed by atoms with van der Waals surface area (Å²) in [7, 11) is 0. The van der Waals surface area contributed by atoms with E-state index in [1.165, 1.54) is 25.7 Å². The van der Waals surface area contributed by atoms with Gasteiger partial charge in [-0.3, -0.25) is 9.78 Å². The summed E-state index contributed by atoms with van der Waals surface area (Å²) in [4.78, 5) is 17.8. The van der Waals surface area contributed by atoms with Crippen molar-refractivity contribution in [3.63, 3.8) is 0 Å². The highest BCUT2D eigenvalue weighted by atomic mass is 16.1. The number of rotatable bonds is 4. The van der Waals surface area contributed by atoms with Crippen molar-refractivity contribution in [1.29, 1.82) is 0 Å². The summed E-state index contributed by atoms with van der Waals surface area (Å²) in [5.41, 5.74) is 8.67. The van der Waals surface area contributed by atoms with Gasteiger partial charge in [-0.05, 0) is 50.3 Å². The van der Waals surface area contributed by atoms with Gasteiger partial charge in [-0.2, -0.15) is 0 Å². The van der Waals surface area contributed by atoms with Gasteiger partial charge in [-0.25, -0.2) is 0 Å². The molecule has 2 atom stereocenters. The van der Waals surface area contributed by atoms with Crippen LogP contribution < -0.4 is 11.1 Å². The standard InChI is InChI=1S/C20H25N3O/c21-12-14-5-1-3-7-17(14)23-20(24)16-11-19(13-9-10-13)22-18-8-4-2-6-15(16)18/h2,4,6,8,11,13-14,17H,1,3,5,7,9-10,12,21H2,(H,23,24). The lowest BCUT2D eigenvalue weighted by atomic mass is 9.84. The zero-order valence-electron chi connectivity index (χ0n) is 14.0. The third-order valence-corrected chi connectivity index (χ3v) is 5.50. The molecule has 0 saturated heterocycles. The molecular formula is C20H25N3O. The summed E-state index contributed by atoms with van der Waals surface area (Å²) in [6, 6.07) is 10.2. The second-order valence-electron chi connectivity index (χ2n) is 7.25. The van der Waals surface area contributed by atoms with Gasteiger partial charge in [0, 0.05) is 23.0 Å². The number of nitrogens with zero attached hydrogens (tertiary/aromatic N) is 1. The minimum atomic E-state index is 0.0286. The normalized spacial score (nSPS) is 24.0. The van der Waals surface area contributed by atoms with Crippen molar-refractivity contribution in [2.45, 2.75) is 50.5 Å². The Morgan fingerprint density at radius 2 is 1.96 bits per heavy atom. The quantitative estimate of drug-likeness (QED) is 0.906. The Kier molecular flexibility index (Phi) is 4.23. The van der Waals surface area contributed by atoms with Gasteiger partial charge < -0.3 is 11.1 Å². The van der Waals surface area contributed by atoms with Crippen LogP contribution in [0.4, 0.5) is 0 Å². The molecule has 4 nitrogen and oxygen atoms in total. The first-order chi connectivity index (χ1) is 11.8. The average molecular weight is 323 g/mol. The first kappa shape index (κ1) is 15.6. The lowest BCUT2D eigenvalue weighted by Crippen LogP contribution is -2.44. The van der Waals surface area contributed by atoms with Crippen LogP contribution in [-0.2, 0) is 0 Å². The second-order valence-corrected chi connectivity index (χ2v) is 7.25. The number of carbonyl (C=O) groups is 1. The molecule has 2 aliphatic carbocycles. The largest absolute Gasteiger partial charge is 0.349 e. The van der Waals surface area contributed by atoms with E-state index in [1.54, 1.807) is 0 Å². The highest BCUT2D eigenvalue weighted by Crippen LogP contribution is 2.40. The van der Waals surface area contributed by atoms with Crippen molar-refractivity contribution < 1.29 is 4.79 Å². The van der Waals surface area contributed by atoms with Crippen LogP contribution in [0.5, 0.6) is 0 Å². The SMILES string of the molecule is NCC1CCCCC1NC(=O)c1cc(C2CC2)nc2ccccc12. The number of hydrogen-bond acceptors (Lipinski definition) is 3. The summed E-state index contributed by atoms with van der Waals surface area (Å²) >= 11 is 0. The van der Waals surface area contributed by atoms with Crippen molar-refractivity contribution in [3.05, 3.63) is 41.6 Å². The predicted molar refractivity (Wildman–Crippen MR) is 96.0 cm³/mol. The number of benzene rings is 1. The number of fused-ring (bicyclic) bond motifs is 1. The number of aromatic nitrogens is 1. The molecule has 2 aromatic rings. The molecule has 1 aromatic carbocycles. The van der Waals surface area contributed by atoms with E-state index in [0.29, 0.717) is 18.4 Å². The Hall–Kier alpha value is -1.94. The van der Waals surface area contributed by atoms with E-state index in [0.717, 1.165) is 35.0 Å². The minimum Gasteiger partial charge on any atom is -0.349 e. The van der Waals surface area contributed by atoms with Gasteiger partial charge >= 0.3 is 0 Å². The average Bonchev–Trinajstić information content (AvgIpc) is 3.46. The Balaban J connectivity index is 1.65. The van der Waals surface area contributed by atoms with Crippen molar-refractivity contribution in [3.8, 4) is 0 Å². The summed E-state index contributed by atoms with van der Waals surface area (Å²) in [6.07, 6.45) is 6.91.